The first-order valence-electron chi connectivity index (χ1n) is 32.2. The second kappa shape index (κ2) is 53.5. The number of rotatable bonds is 59. The van der Waals surface area contributed by atoms with Crippen molar-refractivity contribution in [3.05, 3.63) is 0 Å². The van der Waals surface area contributed by atoms with Crippen LogP contribution >= 0.6 is 0 Å². The normalized spacial score (nSPS) is 14.6. The van der Waals surface area contributed by atoms with Gasteiger partial charge in [-0.2, -0.15) is 0 Å². The van der Waals surface area contributed by atoms with Gasteiger partial charge >= 0.3 is 0 Å². The third-order valence-electron chi connectivity index (χ3n) is 16.0. The molecule has 0 aromatic rings. The Hall–Kier alpha value is -0.900. The lowest BCUT2D eigenvalue weighted by molar-refractivity contribution is -0.129. The number of Topliss-reactive ketones (excluding diaryl/α,β-unsaturated/α-hetero) is 2. The largest absolute Gasteiger partial charge is 0.392 e. The van der Waals surface area contributed by atoms with Crippen LogP contribution in [0.4, 0.5) is 0 Å². The van der Waals surface area contributed by atoms with Gasteiger partial charge in [0.1, 0.15) is 11.6 Å². The Morgan fingerprint density at radius 3 is 0.806 bits per heavy atom. The first-order valence-corrected chi connectivity index (χ1v) is 32.2. The molecule has 0 aliphatic rings. The Morgan fingerprint density at radius 2 is 0.556 bits per heavy atom. The highest BCUT2D eigenvalue weighted by atomic mass is 16.3. The Labute approximate surface area is 449 Å². The van der Waals surface area contributed by atoms with E-state index in [1.165, 1.54) is 180 Å². The maximum atomic E-state index is 13.8. The van der Waals surface area contributed by atoms with Crippen LogP contribution in [0, 0.1) is 11.8 Å². The van der Waals surface area contributed by atoms with E-state index in [2.05, 4.69) is 44.4 Å². The zero-order chi connectivity index (χ0) is 53.1. The van der Waals surface area contributed by atoms with Gasteiger partial charge < -0.3 is 20.4 Å². The quantitative estimate of drug-likeness (QED) is 0.0445. The van der Waals surface area contributed by atoms with Crippen LogP contribution in [-0.4, -0.2) is 105 Å². The highest BCUT2D eigenvalue weighted by Gasteiger charge is 2.24. The van der Waals surface area contributed by atoms with Crippen LogP contribution in [0.1, 0.15) is 324 Å². The van der Waals surface area contributed by atoms with E-state index in [1.807, 2.05) is 0 Å². The highest BCUT2D eigenvalue weighted by Crippen LogP contribution is 2.24. The maximum absolute atomic E-state index is 13.8. The summed E-state index contributed by atoms with van der Waals surface area (Å²) in [5.41, 5.74) is 0. The van der Waals surface area contributed by atoms with E-state index in [0.717, 1.165) is 103 Å². The first-order chi connectivity index (χ1) is 35.0. The lowest BCUT2D eigenvalue weighted by Crippen LogP contribution is -2.38. The van der Waals surface area contributed by atoms with Crippen LogP contribution in [0.15, 0.2) is 0 Å². The Morgan fingerprint density at radius 1 is 0.319 bits per heavy atom. The zero-order valence-electron chi connectivity index (χ0n) is 49.3. The molecule has 0 rings (SSSR count). The van der Waals surface area contributed by atoms with Crippen molar-refractivity contribution in [1.82, 2.24) is 9.80 Å². The van der Waals surface area contributed by atoms with Crippen LogP contribution in [0.25, 0.3) is 0 Å². The summed E-state index contributed by atoms with van der Waals surface area (Å²) >= 11 is 0. The second-order valence-electron chi connectivity index (χ2n) is 23.3. The molecule has 0 aliphatic carbocycles. The lowest BCUT2D eigenvalue weighted by Gasteiger charge is -2.28. The van der Waals surface area contributed by atoms with Gasteiger partial charge in [-0.05, 0) is 77.8 Å². The van der Waals surface area contributed by atoms with E-state index in [-0.39, 0.29) is 35.6 Å². The standard InChI is InChI=1S/C64H128N2O6/c1-7-12-16-20-24-28-32-36-46-60(68)53-65(54-61(69)47-37-33-29-25-21-17-13-8-2)50-42-40-44-58(11-5)64(72)52-59(57(6)67)45-41-43-51-66(55-62(70)48-38-34-30-26-22-18-14-9-3)56-63(71)49-39-35-31-27-23-19-15-10-4/h58-63,68-71H,7-56H2,1-6H3/t58-,59-,60-,61-,62-,63-/m1/s1. The molecule has 6 atom stereocenters. The molecule has 0 aliphatic heterocycles. The van der Waals surface area contributed by atoms with Crippen molar-refractivity contribution in [3.8, 4) is 0 Å². The molecule has 0 aromatic heterocycles. The number of unbranched alkanes of at least 4 members (excludes halogenated alkanes) is 30. The summed E-state index contributed by atoms with van der Waals surface area (Å²) in [4.78, 5) is 31.3. The highest BCUT2D eigenvalue weighted by molar-refractivity contribution is 5.87. The van der Waals surface area contributed by atoms with Gasteiger partial charge in [-0.25, -0.2) is 0 Å². The van der Waals surface area contributed by atoms with Gasteiger partial charge in [0.15, 0.2) is 0 Å². The summed E-state index contributed by atoms with van der Waals surface area (Å²) in [5.74, 6) is -0.00373. The second-order valence-corrected chi connectivity index (χ2v) is 23.3. The van der Waals surface area contributed by atoms with E-state index in [4.69, 9.17) is 0 Å². The van der Waals surface area contributed by atoms with Gasteiger partial charge in [0.25, 0.3) is 0 Å². The fourth-order valence-electron chi connectivity index (χ4n) is 11.0. The third kappa shape index (κ3) is 46.4. The molecule has 0 amide bonds. The van der Waals surface area contributed by atoms with E-state index < -0.39 is 12.2 Å². The van der Waals surface area contributed by atoms with Crippen molar-refractivity contribution in [1.29, 1.82) is 0 Å². The molecule has 0 spiro atoms. The molecule has 4 N–H and O–H groups in total. The van der Waals surface area contributed by atoms with Crippen LogP contribution < -0.4 is 0 Å². The van der Waals surface area contributed by atoms with Crippen molar-refractivity contribution in [2.24, 2.45) is 11.8 Å². The monoisotopic (exact) mass is 1020 g/mol. The molecule has 72 heavy (non-hydrogen) atoms. The van der Waals surface area contributed by atoms with Crippen molar-refractivity contribution < 1.29 is 30.0 Å². The average molecular weight is 1020 g/mol. The van der Waals surface area contributed by atoms with Crippen molar-refractivity contribution >= 4 is 11.6 Å². The van der Waals surface area contributed by atoms with Crippen molar-refractivity contribution in [2.45, 2.75) is 348 Å². The van der Waals surface area contributed by atoms with Gasteiger partial charge in [0.05, 0.1) is 24.4 Å². The first kappa shape index (κ1) is 71.1. The molecule has 0 saturated heterocycles. The summed E-state index contributed by atoms with van der Waals surface area (Å²) in [7, 11) is 0. The third-order valence-corrected chi connectivity index (χ3v) is 16.0. The van der Waals surface area contributed by atoms with Gasteiger partial charge in [-0.1, -0.05) is 253 Å². The summed E-state index contributed by atoms with van der Waals surface area (Å²) in [6.07, 6.45) is 47.8. The zero-order valence-corrected chi connectivity index (χ0v) is 49.3. The molecular weight excluding hydrogens is 893 g/mol. The number of hydrogen-bond acceptors (Lipinski definition) is 8. The molecule has 0 aromatic carbocycles. The Balaban J connectivity index is 5.20. The SMILES string of the molecule is CCCCCCCCCC[C@@H](O)CN(CCCC[C@H](CC(=O)[C@H](CC)CCCCN(C[C@H](O)CCCCCCCCCC)C[C@H](O)CCCCCCCCCC)C(C)=O)C[C@H](O)CCCCCCCCCC. The predicted octanol–water partition coefficient (Wildman–Crippen LogP) is 16.7. The minimum atomic E-state index is -0.399. The van der Waals surface area contributed by atoms with Gasteiger partial charge in [-0.15, -0.1) is 0 Å². The lowest BCUT2D eigenvalue weighted by atomic mass is 9.85. The minimum absolute atomic E-state index is 0.0546. The average Bonchev–Trinajstić information content (AvgIpc) is 3.35. The Kier molecular flexibility index (Phi) is 52.8. The molecule has 430 valence electrons. The summed E-state index contributed by atoms with van der Waals surface area (Å²) < 4.78 is 0. The molecule has 0 radical (unpaired) electrons. The molecule has 0 heterocycles. The van der Waals surface area contributed by atoms with E-state index in [9.17, 15) is 30.0 Å². The van der Waals surface area contributed by atoms with E-state index in [1.54, 1.807) is 6.92 Å². The van der Waals surface area contributed by atoms with Gasteiger partial charge in [0, 0.05) is 44.4 Å². The molecular formula is C64H128N2O6. The predicted molar refractivity (Wildman–Crippen MR) is 311 cm³/mol. The number of nitrogens with zero attached hydrogens (tertiary/aromatic N) is 2. The van der Waals surface area contributed by atoms with Gasteiger partial charge in [-0.3, -0.25) is 19.4 Å². The number of aliphatic hydroxyl groups is 4. The fourth-order valence-corrected chi connectivity index (χ4v) is 11.0. The molecule has 8 heteroatoms. The molecule has 8 nitrogen and oxygen atoms in total. The van der Waals surface area contributed by atoms with Crippen LogP contribution in [0.5, 0.6) is 0 Å². The molecule has 0 fully saturated rings. The van der Waals surface area contributed by atoms with E-state index in [0.29, 0.717) is 39.0 Å². The number of aliphatic hydroxyl groups excluding tert-OH is 4. The molecule has 0 bridgehead atoms. The van der Waals surface area contributed by atoms with Crippen LogP contribution in [0.3, 0.4) is 0 Å². The van der Waals surface area contributed by atoms with Gasteiger partial charge in [0.2, 0.25) is 0 Å². The van der Waals surface area contributed by atoms with Crippen molar-refractivity contribution in [3.63, 3.8) is 0 Å². The summed E-state index contributed by atoms with van der Waals surface area (Å²) in [5, 5.41) is 44.5. The summed E-state index contributed by atoms with van der Waals surface area (Å²) in [6, 6.07) is 0. The maximum Gasteiger partial charge on any atom is 0.136 e. The minimum Gasteiger partial charge on any atom is -0.392 e. The number of ketones is 2. The Bertz CT molecular complexity index is 1080. The number of carbonyl (C=O) groups excluding carboxylic acids is 2. The topological polar surface area (TPSA) is 122 Å². The fraction of sp³-hybridized carbons (Fsp3) is 0.969. The van der Waals surface area contributed by atoms with Crippen LogP contribution in [0.2, 0.25) is 0 Å². The summed E-state index contributed by atoms with van der Waals surface area (Å²) in [6.45, 7) is 16.7. The molecule has 0 saturated carbocycles. The van der Waals surface area contributed by atoms with Crippen molar-refractivity contribution in [2.75, 3.05) is 39.3 Å². The molecule has 0 unspecified atom stereocenters. The number of hydrogen-bond donors (Lipinski definition) is 4. The number of carbonyl (C=O) groups is 2. The smallest absolute Gasteiger partial charge is 0.136 e. The van der Waals surface area contributed by atoms with Crippen LogP contribution in [-0.2, 0) is 9.59 Å². The van der Waals surface area contributed by atoms with E-state index >= 15 is 0 Å².